The molecule has 1 aromatic heterocycles. The van der Waals surface area contributed by atoms with Gasteiger partial charge in [-0.15, -0.1) is 0 Å². The van der Waals surface area contributed by atoms with E-state index in [1.807, 2.05) is 6.07 Å². The number of carbonyl (C=O) groups excluding carboxylic acids is 1. The van der Waals surface area contributed by atoms with Gasteiger partial charge in [0.25, 0.3) is 0 Å². The molecule has 1 aliphatic heterocycles. The molecule has 0 aliphatic carbocycles. The maximum absolute atomic E-state index is 12.0. The van der Waals surface area contributed by atoms with E-state index < -0.39 is 9.84 Å². The number of hydrogen-bond acceptors (Lipinski definition) is 9. The first kappa shape index (κ1) is 25.5. The zero-order chi connectivity index (χ0) is 26.3. The van der Waals surface area contributed by atoms with Crippen molar-refractivity contribution in [2.24, 2.45) is 0 Å². The predicted molar refractivity (Wildman–Crippen MR) is 139 cm³/mol. The molecule has 0 saturated heterocycles. The topological polar surface area (TPSA) is 125 Å². The first-order chi connectivity index (χ1) is 17.0. The Balaban J connectivity index is 1.75. The van der Waals surface area contributed by atoms with Crippen LogP contribution < -0.4 is 14.9 Å². The number of carbonyl (C=O) groups is 1. The molecule has 1 N–H and O–H groups in total. The summed E-state index contributed by atoms with van der Waals surface area (Å²) >= 11 is 6.21. The van der Waals surface area contributed by atoms with E-state index in [0.29, 0.717) is 35.2 Å². The zero-order valence-corrected chi connectivity index (χ0v) is 21.6. The lowest BCUT2D eigenvalue weighted by atomic mass is 9.84. The second kappa shape index (κ2) is 9.45. The lowest BCUT2D eigenvalue weighted by Gasteiger charge is -2.20. The molecule has 0 amide bonds. The smallest absolute Gasteiger partial charge is 0.329 e. The van der Waals surface area contributed by atoms with E-state index in [9.17, 15) is 18.5 Å². The van der Waals surface area contributed by atoms with Gasteiger partial charge in [-0.25, -0.2) is 18.4 Å². The van der Waals surface area contributed by atoms with Crippen molar-refractivity contribution < 1.29 is 17.9 Å². The first-order valence-electron chi connectivity index (χ1n) is 10.8. The molecule has 2 heterocycles. The van der Waals surface area contributed by atoms with Gasteiger partial charge in [0.05, 0.1) is 34.0 Å². The molecule has 1 radical (unpaired) electrons. The molecule has 0 atom stereocenters. The van der Waals surface area contributed by atoms with E-state index in [4.69, 9.17) is 16.3 Å². The Morgan fingerprint density at radius 2 is 2.06 bits per heavy atom. The molecule has 9 nitrogen and oxygen atoms in total. The summed E-state index contributed by atoms with van der Waals surface area (Å²) in [6.45, 7) is 4.68. The van der Waals surface area contributed by atoms with Gasteiger partial charge in [-0.3, -0.25) is 0 Å². The summed E-state index contributed by atoms with van der Waals surface area (Å²) in [5.41, 5.74) is 3.47. The summed E-state index contributed by atoms with van der Waals surface area (Å²) in [7, 11) is -0.695. The zero-order valence-electron chi connectivity index (χ0n) is 20.0. The van der Waals surface area contributed by atoms with Crippen molar-refractivity contribution in [2.75, 3.05) is 30.0 Å². The normalized spacial score (nSPS) is 14.1. The van der Waals surface area contributed by atoms with Crippen molar-refractivity contribution in [2.45, 2.75) is 24.2 Å². The fourth-order valence-corrected chi connectivity index (χ4v) is 5.59. The van der Waals surface area contributed by atoms with Gasteiger partial charge < -0.3 is 19.7 Å². The number of ether oxygens (including phenoxy) is 1. The molecule has 0 bridgehead atoms. The highest BCUT2D eigenvalue weighted by atomic mass is 35.5. The molecule has 12 heteroatoms. The summed E-state index contributed by atoms with van der Waals surface area (Å²) in [6, 6.07) is 10.5. The second-order valence-corrected chi connectivity index (χ2v) is 11.4. The van der Waals surface area contributed by atoms with Crippen LogP contribution in [0.1, 0.15) is 25.0 Å². The minimum Gasteiger partial charge on any atom is -0.495 e. The summed E-state index contributed by atoms with van der Waals surface area (Å²) in [6.07, 6.45) is 3.35. The number of nitrogens with one attached hydrogen (secondary N) is 1. The van der Waals surface area contributed by atoms with Crippen LogP contribution in [0.2, 0.25) is 5.02 Å². The van der Waals surface area contributed by atoms with Crippen molar-refractivity contribution in [3.05, 3.63) is 52.7 Å². The molecule has 1 aliphatic rings. The van der Waals surface area contributed by atoms with Gasteiger partial charge in [0.1, 0.15) is 18.0 Å². The molecule has 36 heavy (non-hydrogen) atoms. The van der Waals surface area contributed by atoms with Crippen LogP contribution in [0.4, 0.5) is 17.3 Å². The third-order valence-corrected chi connectivity index (χ3v) is 7.47. The molecule has 3 aromatic rings. The first-order valence-corrected chi connectivity index (χ1v) is 13.1. The largest absolute Gasteiger partial charge is 0.495 e. The highest BCUT2D eigenvalue weighted by molar-refractivity contribution is 7.90. The maximum Gasteiger partial charge on any atom is 0.329 e. The number of methoxy groups -OCH3 is 1. The van der Waals surface area contributed by atoms with Crippen LogP contribution in [0.25, 0.3) is 11.3 Å². The van der Waals surface area contributed by atoms with E-state index in [1.165, 1.54) is 26.7 Å². The SMILES string of the molecule is COc1cc(S(C)(=O)=O)c(Cl)cc1Nc1nccc(-c2cc(C#N)c3c(c2)C(C)(C)CN3[B]C=O)n1. The van der Waals surface area contributed by atoms with Gasteiger partial charge in [0.15, 0.2) is 9.84 Å². The Labute approximate surface area is 215 Å². The maximum atomic E-state index is 12.0. The average Bonchev–Trinajstić information content (AvgIpc) is 3.08. The highest BCUT2D eigenvalue weighted by Crippen LogP contribution is 2.44. The van der Waals surface area contributed by atoms with E-state index in [2.05, 4.69) is 35.2 Å². The van der Waals surface area contributed by atoms with Crippen molar-refractivity contribution in [1.29, 1.82) is 5.26 Å². The van der Waals surface area contributed by atoms with Gasteiger partial charge in [-0.05, 0) is 29.8 Å². The molecular weight excluding hydrogens is 501 g/mol. The lowest BCUT2D eigenvalue weighted by Crippen LogP contribution is -2.32. The minimum absolute atomic E-state index is 0.0353. The Morgan fingerprint density at radius 1 is 1.31 bits per heavy atom. The molecular formula is C24H22BClN5O4S. The standard InChI is InChI=1S/C24H22BClN5O4S/c1-24(2)12-31(25-13-32)22-15(11-27)7-14(8-16(22)24)18-5-6-28-23(29-18)30-19-9-17(26)21(36(4,33)34)10-20(19)35-3/h5-10,13H,12H2,1-4H3,(H,28,29,30). The summed E-state index contributed by atoms with van der Waals surface area (Å²) in [4.78, 5) is 21.7. The monoisotopic (exact) mass is 522 g/mol. The number of aromatic nitrogens is 2. The number of nitriles is 1. The number of fused-ring (bicyclic) bond motifs is 1. The van der Waals surface area contributed by atoms with Crippen LogP contribution in [0.15, 0.2) is 41.4 Å². The third kappa shape index (κ3) is 4.74. The van der Waals surface area contributed by atoms with Gasteiger partial charge in [0, 0.05) is 41.7 Å². The number of benzene rings is 2. The van der Waals surface area contributed by atoms with Gasteiger partial charge in [-0.2, -0.15) is 5.26 Å². The number of anilines is 3. The van der Waals surface area contributed by atoms with E-state index >= 15 is 0 Å². The van der Waals surface area contributed by atoms with Crippen LogP contribution in [0.5, 0.6) is 5.75 Å². The molecule has 0 unspecified atom stereocenters. The number of hydrogen-bond donors (Lipinski definition) is 1. The molecule has 183 valence electrons. The second-order valence-electron chi connectivity index (χ2n) is 8.97. The fourth-order valence-electron chi connectivity index (χ4n) is 4.27. The van der Waals surface area contributed by atoms with Crippen LogP contribution >= 0.6 is 11.6 Å². The van der Waals surface area contributed by atoms with Crippen molar-refractivity contribution in [3.8, 4) is 23.1 Å². The third-order valence-electron chi connectivity index (χ3n) is 5.90. The Morgan fingerprint density at radius 3 is 2.69 bits per heavy atom. The summed E-state index contributed by atoms with van der Waals surface area (Å²) < 4.78 is 29.3. The van der Waals surface area contributed by atoms with Gasteiger partial charge in [0.2, 0.25) is 5.95 Å². The minimum atomic E-state index is -3.55. The van der Waals surface area contributed by atoms with Crippen molar-refractivity contribution in [1.82, 2.24) is 9.97 Å². The number of sulfone groups is 1. The molecule has 2 aromatic carbocycles. The number of halogens is 1. The van der Waals surface area contributed by atoms with Gasteiger partial charge >= 0.3 is 7.41 Å². The Hall–Kier alpha value is -3.62. The Kier molecular flexibility index (Phi) is 6.68. The molecule has 0 spiro atoms. The van der Waals surface area contributed by atoms with Crippen LogP contribution in [0, 0.1) is 11.3 Å². The average molecular weight is 523 g/mol. The number of rotatable bonds is 7. The summed E-state index contributed by atoms with van der Waals surface area (Å²) in [5.74, 6) is 0.481. The van der Waals surface area contributed by atoms with Crippen molar-refractivity contribution in [3.63, 3.8) is 0 Å². The van der Waals surface area contributed by atoms with Crippen LogP contribution in [-0.2, 0) is 20.0 Å². The molecule has 0 fully saturated rings. The predicted octanol–water partition coefficient (Wildman–Crippen LogP) is 3.73. The quantitative estimate of drug-likeness (QED) is 0.365. The fraction of sp³-hybridized carbons (Fsp3) is 0.250. The van der Waals surface area contributed by atoms with Crippen molar-refractivity contribution >= 4 is 52.4 Å². The lowest BCUT2D eigenvalue weighted by molar-refractivity contribution is 0.415. The summed E-state index contributed by atoms with van der Waals surface area (Å²) in [5, 5.41) is 12.9. The number of nitrogens with zero attached hydrogens (tertiary/aromatic N) is 4. The van der Waals surface area contributed by atoms with E-state index in [-0.39, 0.29) is 27.0 Å². The van der Waals surface area contributed by atoms with Crippen LogP contribution in [-0.4, -0.2) is 51.9 Å². The highest BCUT2D eigenvalue weighted by Gasteiger charge is 2.37. The van der Waals surface area contributed by atoms with Crippen LogP contribution in [0.3, 0.4) is 0 Å². The van der Waals surface area contributed by atoms with E-state index in [1.54, 1.807) is 23.1 Å². The van der Waals surface area contributed by atoms with Gasteiger partial charge in [-0.1, -0.05) is 25.4 Å². The Bertz CT molecular complexity index is 1520. The molecule has 4 rings (SSSR count). The van der Waals surface area contributed by atoms with E-state index in [0.717, 1.165) is 17.5 Å². The molecule has 0 saturated carbocycles.